The third-order valence-corrected chi connectivity index (χ3v) is 5.37. The first-order valence-electron chi connectivity index (χ1n) is 11.0. The molecule has 1 aromatic carbocycles. The average Bonchev–Trinajstić information content (AvgIpc) is 3.25. The molecule has 0 unspecified atom stereocenters. The number of rotatable bonds is 10. The van der Waals surface area contributed by atoms with Crippen LogP contribution in [0.3, 0.4) is 0 Å². The number of benzene rings is 1. The van der Waals surface area contributed by atoms with E-state index in [1.165, 1.54) is 5.56 Å². The van der Waals surface area contributed by atoms with Crippen LogP contribution in [0.4, 0.5) is 0 Å². The molecule has 31 heavy (non-hydrogen) atoms. The van der Waals surface area contributed by atoms with E-state index in [2.05, 4.69) is 62.9 Å². The summed E-state index contributed by atoms with van der Waals surface area (Å²) in [5.41, 5.74) is 2.36. The Morgan fingerprint density at radius 1 is 1.23 bits per heavy atom. The maximum atomic E-state index is 6.09. The van der Waals surface area contributed by atoms with Gasteiger partial charge in [-0.2, -0.15) is 0 Å². The SMILES string of the molecule is CCc1cc(CNC(=NC)NCCCOC2CCN(Cc3ccccc3)CC2)on1.I. The van der Waals surface area contributed by atoms with Crippen molar-refractivity contribution in [2.75, 3.05) is 33.3 Å². The minimum Gasteiger partial charge on any atom is -0.378 e. The fraction of sp³-hybridized carbons (Fsp3) is 0.565. The summed E-state index contributed by atoms with van der Waals surface area (Å²) in [4.78, 5) is 6.76. The van der Waals surface area contributed by atoms with Crippen molar-refractivity contribution in [3.63, 3.8) is 0 Å². The highest BCUT2D eigenvalue weighted by atomic mass is 127. The van der Waals surface area contributed by atoms with Gasteiger partial charge in [-0.25, -0.2) is 0 Å². The summed E-state index contributed by atoms with van der Waals surface area (Å²) in [6.07, 6.45) is 4.44. The zero-order chi connectivity index (χ0) is 21.0. The van der Waals surface area contributed by atoms with Crippen molar-refractivity contribution in [1.82, 2.24) is 20.7 Å². The van der Waals surface area contributed by atoms with Gasteiger partial charge in [0.25, 0.3) is 0 Å². The number of ether oxygens (including phenoxy) is 1. The Labute approximate surface area is 203 Å². The molecule has 0 spiro atoms. The number of hydrogen-bond acceptors (Lipinski definition) is 5. The van der Waals surface area contributed by atoms with Gasteiger partial charge in [0.1, 0.15) is 0 Å². The van der Waals surface area contributed by atoms with E-state index in [1.54, 1.807) is 7.05 Å². The molecule has 0 saturated carbocycles. The highest BCUT2D eigenvalue weighted by molar-refractivity contribution is 14.0. The molecule has 0 atom stereocenters. The highest BCUT2D eigenvalue weighted by Gasteiger charge is 2.19. The molecule has 2 N–H and O–H groups in total. The van der Waals surface area contributed by atoms with E-state index in [-0.39, 0.29) is 24.0 Å². The quantitative estimate of drug-likeness (QED) is 0.207. The largest absolute Gasteiger partial charge is 0.378 e. The molecule has 8 heteroatoms. The first kappa shape index (κ1) is 25.6. The number of aliphatic imine (C=N–C) groups is 1. The van der Waals surface area contributed by atoms with Crippen LogP contribution < -0.4 is 10.6 Å². The van der Waals surface area contributed by atoms with Gasteiger partial charge in [-0.3, -0.25) is 9.89 Å². The summed E-state index contributed by atoms with van der Waals surface area (Å²) in [5.74, 6) is 1.58. The maximum Gasteiger partial charge on any atom is 0.191 e. The normalized spacial score (nSPS) is 15.5. The van der Waals surface area contributed by atoms with Crippen molar-refractivity contribution in [3.8, 4) is 0 Å². The van der Waals surface area contributed by atoms with E-state index in [1.807, 2.05) is 6.07 Å². The predicted molar refractivity (Wildman–Crippen MR) is 135 cm³/mol. The lowest BCUT2D eigenvalue weighted by molar-refractivity contribution is 0.00534. The molecule has 1 aliphatic heterocycles. The molecule has 0 amide bonds. The molecule has 1 saturated heterocycles. The van der Waals surface area contributed by atoms with Gasteiger partial charge in [0.05, 0.1) is 18.3 Å². The van der Waals surface area contributed by atoms with E-state index in [0.29, 0.717) is 12.6 Å². The fourth-order valence-electron chi connectivity index (χ4n) is 3.60. The second kappa shape index (κ2) is 14.4. The van der Waals surface area contributed by atoms with Crippen molar-refractivity contribution in [2.24, 2.45) is 4.99 Å². The minimum atomic E-state index is 0. The van der Waals surface area contributed by atoms with Crippen LogP contribution >= 0.6 is 24.0 Å². The Balaban J connectivity index is 0.00000341. The molecule has 0 aliphatic carbocycles. The molecule has 0 bridgehead atoms. The van der Waals surface area contributed by atoms with Gasteiger partial charge in [0, 0.05) is 45.9 Å². The monoisotopic (exact) mass is 541 g/mol. The number of guanidine groups is 1. The van der Waals surface area contributed by atoms with E-state index in [4.69, 9.17) is 9.26 Å². The zero-order valence-electron chi connectivity index (χ0n) is 18.7. The van der Waals surface area contributed by atoms with E-state index in [9.17, 15) is 0 Å². The van der Waals surface area contributed by atoms with Crippen LogP contribution in [0.1, 0.15) is 43.2 Å². The highest BCUT2D eigenvalue weighted by Crippen LogP contribution is 2.16. The second-order valence-electron chi connectivity index (χ2n) is 7.68. The molecule has 2 heterocycles. The number of nitrogens with one attached hydrogen (secondary N) is 2. The third kappa shape index (κ3) is 9.16. The standard InChI is InChI=1S/C23H35N5O2.HI/c1-3-20-16-22(30-27-20)17-26-23(24-2)25-12-7-15-29-21-10-13-28(14-11-21)18-19-8-5-4-6-9-19;/h4-6,8-9,16,21H,3,7,10-15,17-18H2,1-2H3,(H2,24,25,26);1H. The van der Waals surface area contributed by atoms with Gasteiger partial charge in [-0.05, 0) is 31.2 Å². The topological polar surface area (TPSA) is 74.9 Å². The van der Waals surface area contributed by atoms with Crippen LogP contribution in [-0.2, 0) is 24.2 Å². The number of hydrogen-bond donors (Lipinski definition) is 2. The third-order valence-electron chi connectivity index (χ3n) is 5.37. The van der Waals surface area contributed by atoms with Crippen LogP contribution in [0.2, 0.25) is 0 Å². The van der Waals surface area contributed by atoms with Gasteiger partial charge >= 0.3 is 0 Å². The number of nitrogens with zero attached hydrogens (tertiary/aromatic N) is 3. The van der Waals surface area contributed by atoms with Gasteiger partial charge in [-0.1, -0.05) is 42.4 Å². The summed E-state index contributed by atoms with van der Waals surface area (Å²) in [7, 11) is 1.77. The van der Waals surface area contributed by atoms with Crippen molar-refractivity contribution < 1.29 is 9.26 Å². The minimum absolute atomic E-state index is 0. The van der Waals surface area contributed by atoms with Crippen LogP contribution in [0, 0.1) is 0 Å². The summed E-state index contributed by atoms with van der Waals surface area (Å²) in [6, 6.07) is 12.7. The van der Waals surface area contributed by atoms with Gasteiger partial charge in [-0.15, -0.1) is 24.0 Å². The lowest BCUT2D eigenvalue weighted by atomic mass is 10.1. The molecule has 1 fully saturated rings. The summed E-state index contributed by atoms with van der Waals surface area (Å²) >= 11 is 0. The Morgan fingerprint density at radius 3 is 2.68 bits per heavy atom. The van der Waals surface area contributed by atoms with Gasteiger partial charge < -0.3 is 19.9 Å². The van der Waals surface area contributed by atoms with Crippen LogP contribution in [0.5, 0.6) is 0 Å². The molecular weight excluding hydrogens is 505 g/mol. The smallest absolute Gasteiger partial charge is 0.191 e. The van der Waals surface area contributed by atoms with Gasteiger partial charge in [0.15, 0.2) is 11.7 Å². The predicted octanol–water partition coefficient (Wildman–Crippen LogP) is 3.59. The summed E-state index contributed by atoms with van der Waals surface area (Å²) in [6.45, 7) is 7.48. The molecule has 0 radical (unpaired) electrons. The number of aromatic nitrogens is 1. The molecular formula is C23H36IN5O2. The first-order valence-corrected chi connectivity index (χ1v) is 11.0. The molecule has 1 aromatic heterocycles. The molecule has 1 aliphatic rings. The Hall–Kier alpha value is -1.65. The maximum absolute atomic E-state index is 6.09. The lowest BCUT2D eigenvalue weighted by Gasteiger charge is -2.32. The number of likely N-dealkylation sites (tertiary alicyclic amines) is 1. The van der Waals surface area contributed by atoms with Crippen LogP contribution in [-0.4, -0.2) is 55.4 Å². The van der Waals surface area contributed by atoms with Crippen molar-refractivity contribution >= 4 is 29.9 Å². The Bertz CT molecular complexity index is 760. The van der Waals surface area contributed by atoms with E-state index >= 15 is 0 Å². The number of halogens is 1. The summed E-state index contributed by atoms with van der Waals surface area (Å²) < 4.78 is 11.4. The second-order valence-corrected chi connectivity index (χ2v) is 7.68. The first-order chi connectivity index (χ1) is 14.8. The molecule has 2 aromatic rings. The average molecular weight is 541 g/mol. The Kier molecular flexibility index (Phi) is 11.9. The molecule has 7 nitrogen and oxygen atoms in total. The zero-order valence-corrected chi connectivity index (χ0v) is 21.0. The molecule has 172 valence electrons. The summed E-state index contributed by atoms with van der Waals surface area (Å²) in [5, 5.41) is 10.6. The Morgan fingerprint density at radius 2 is 2.00 bits per heavy atom. The van der Waals surface area contributed by atoms with Crippen LogP contribution in [0.15, 0.2) is 45.9 Å². The van der Waals surface area contributed by atoms with Gasteiger partial charge in [0.2, 0.25) is 0 Å². The van der Waals surface area contributed by atoms with E-state index < -0.39 is 0 Å². The van der Waals surface area contributed by atoms with Crippen LogP contribution in [0.25, 0.3) is 0 Å². The number of aryl methyl sites for hydroxylation is 1. The van der Waals surface area contributed by atoms with E-state index in [0.717, 1.165) is 75.9 Å². The van der Waals surface area contributed by atoms with Crippen molar-refractivity contribution in [1.29, 1.82) is 0 Å². The van der Waals surface area contributed by atoms with Crippen molar-refractivity contribution in [2.45, 2.75) is 51.8 Å². The van der Waals surface area contributed by atoms with Crippen molar-refractivity contribution in [3.05, 3.63) is 53.4 Å². The molecule has 3 rings (SSSR count). The lowest BCUT2D eigenvalue weighted by Crippen LogP contribution is -2.38. The fourth-order valence-corrected chi connectivity index (χ4v) is 3.60. The number of piperidine rings is 1.